The Balaban J connectivity index is 2.28. The van der Waals surface area contributed by atoms with Crippen LogP contribution in [0.5, 0.6) is 0 Å². The smallest absolute Gasteiger partial charge is 0.0900 e. The second kappa shape index (κ2) is 4.17. The van der Waals surface area contributed by atoms with Crippen LogP contribution in [0.15, 0.2) is 0 Å². The lowest BCUT2D eigenvalue weighted by Crippen LogP contribution is -2.64. The van der Waals surface area contributed by atoms with E-state index in [1.54, 1.807) is 0 Å². The molecule has 1 heterocycles. The molecule has 0 aromatic rings. The second-order valence-corrected chi connectivity index (χ2v) is 4.97. The minimum Gasteiger partial charge on any atom is -0.389 e. The third-order valence-corrected chi connectivity index (χ3v) is 3.08. The number of aliphatic hydroxyl groups is 2. The van der Waals surface area contributed by atoms with Crippen molar-refractivity contribution in [3.05, 3.63) is 0 Å². The minimum absolute atomic E-state index is 0.474. The van der Waals surface area contributed by atoms with Gasteiger partial charge in [0.25, 0.3) is 0 Å². The molecular weight excluding hydrogens is 178 g/mol. The molecule has 0 aliphatic carbocycles. The average molecular weight is 201 g/mol. The average Bonchev–Trinajstić information content (AvgIpc) is 2.01. The molecule has 1 aliphatic rings. The third kappa shape index (κ3) is 2.94. The quantitative estimate of drug-likeness (QED) is 0.697. The van der Waals surface area contributed by atoms with Gasteiger partial charge in [-0.2, -0.15) is 0 Å². The molecule has 3 nitrogen and oxygen atoms in total. The van der Waals surface area contributed by atoms with Crippen molar-refractivity contribution in [3.8, 4) is 0 Å². The van der Waals surface area contributed by atoms with E-state index < -0.39 is 11.2 Å². The van der Waals surface area contributed by atoms with E-state index in [1.807, 2.05) is 13.8 Å². The summed E-state index contributed by atoms with van der Waals surface area (Å²) in [5.74, 6) is 0. The third-order valence-electron chi connectivity index (χ3n) is 3.08. The summed E-state index contributed by atoms with van der Waals surface area (Å²) < 4.78 is 0. The Labute approximate surface area is 86.7 Å². The molecule has 0 bridgehead atoms. The predicted octanol–water partition coefficient (Wildman–Crippen LogP) is 0.994. The van der Waals surface area contributed by atoms with E-state index in [0.29, 0.717) is 6.54 Å². The molecular formula is C11H23NO2. The van der Waals surface area contributed by atoms with Gasteiger partial charge in [-0.05, 0) is 19.8 Å². The fourth-order valence-electron chi connectivity index (χ4n) is 2.11. The maximum Gasteiger partial charge on any atom is 0.0900 e. The molecule has 1 fully saturated rings. The molecule has 1 saturated heterocycles. The van der Waals surface area contributed by atoms with E-state index in [2.05, 4.69) is 11.8 Å². The zero-order chi connectivity index (χ0) is 10.8. The molecule has 1 rings (SSSR count). The summed E-state index contributed by atoms with van der Waals surface area (Å²) in [4.78, 5) is 2.12. The fraction of sp³-hybridized carbons (Fsp3) is 1.00. The first-order valence-electron chi connectivity index (χ1n) is 5.58. The summed E-state index contributed by atoms with van der Waals surface area (Å²) in [6.07, 6.45) is 2.65. The number of hydrogen-bond donors (Lipinski definition) is 2. The molecule has 3 heteroatoms. The molecule has 0 aromatic heterocycles. The Morgan fingerprint density at radius 2 is 1.93 bits per heavy atom. The summed E-state index contributed by atoms with van der Waals surface area (Å²) in [7, 11) is 0. The van der Waals surface area contributed by atoms with E-state index >= 15 is 0 Å². The molecule has 0 aromatic carbocycles. The van der Waals surface area contributed by atoms with Crippen LogP contribution < -0.4 is 0 Å². The van der Waals surface area contributed by atoms with Crippen molar-refractivity contribution in [1.29, 1.82) is 0 Å². The predicted molar refractivity (Wildman–Crippen MR) is 57.2 cm³/mol. The first-order chi connectivity index (χ1) is 6.41. The highest BCUT2D eigenvalue weighted by atomic mass is 16.3. The molecule has 0 saturated carbocycles. The van der Waals surface area contributed by atoms with Gasteiger partial charge in [0, 0.05) is 19.6 Å². The van der Waals surface area contributed by atoms with Gasteiger partial charge < -0.3 is 10.2 Å². The van der Waals surface area contributed by atoms with Gasteiger partial charge in [0.2, 0.25) is 0 Å². The molecule has 0 spiro atoms. The molecule has 2 N–H and O–H groups in total. The molecule has 1 atom stereocenters. The van der Waals surface area contributed by atoms with Gasteiger partial charge in [-0.1, -0.05) is 20.3 Å². The highest BCUT2D eigenvalue weighted by molar-refractivity contribution is 4.97. The Morgan fingerprint density at radius 3 is 2.36 bits per heavy atom. The summed E-state index contributed by atoms with van der Waals surface area (Å²) in [5.41, 5.74) is -1.08. The van der Waals surface area contributed by atoms with Crippen molar-refractivity contribution in [2.75, 3.05) is 19.6 Å². The van der Waals surface area contributed by atoms with Crippen LogP contribution in [0, 0.1) is 0 Å². The minimum atomic E-state index is -0.604. The molecule has 0 radical (unpaired) electrons. The largest absolute Gasteiger partial charge is 0.389 e. The van der Waals surface area contributed by atoms with Gasteiger partial charge in [-0.15, -0.1) is 0 Å². The van der Waals surface area contributed by atoms with Crippen molar-refractivity contribution in [2.24, 2.45) is 0 Å². The number of β-amino-alcohol motifs (C(OH)–C–C–N with tert-alkyl or cyclic N) is 2. The van der Waals surface area contributed by atoms with Gasteiger partial charge in [0.15, 0.2) is 0 Å². The van der Waals surface area contributed by atoms with E-state index in [-0.39, 0.29) is 0 Å². The monoisotopic (exact) mass is 201 g/mol. The van der Waals surface area contributed by atoms with Crippen LogP contribution in [-0.4, -0.2) is 45.9 Å². The topological polar surface area (TPSA) is 43.7 Å². The number of hydrogen-bond acceptors (Lipinski definition) is 3. The number of nitrogens with zero attached hydrogens (tertiary/aromatic N) is 1. The normalized spacial score (nSPS) is 25.5. The van der Waals surface area contributed by atoms with Crippen LogP contribution in [0.4, 0.5) is 0 Å². The van der Waals surface area contributed by atoms with Gasteiger partial charge in [-0.3, -0.25) is 4.90 Å². The standard InChI is InChI=1S/C11H23NO2/c1-4-6-11(14)8-12(9-11)7-10(3,13)5-2/h13-14H,4-9H2,1-3H3. The van der Waals surface area contributed by atoms with Crippen molar-refractivity contribution in [1.82, 2.24) is 4.90 Å². The van der Waals surface area contributed by atoms with Crippen LogP contribution >= 0.6 is 0 Å². The molecule has 14 heavy (non-hydrogen) atoms. The summed E-state index contributed by atoms with van der Waals surface area (Å²) in [6, 6.07) is 0. The Kier molecular flexibility index (Phi) is 3.56. The highest BCUT2D eigenvalue weighted by Gasteiger charge is 2.41. The maximum atomic E-state index is 9.93. The van der Waals surface area contributed by atoms with E-state index in [0.717, 1.165) is 32.4 Å². The lowest BCUT2D eigenvalue weighted by Gasteiger charge is -2.48. The SMILES string of the molecule is CCCC1(O)CN(CC(C)(O)CC)C1. The Bertz CT molecular complexity index is 186. The van der Waals surface area contributed by atoms with E-state index in [1.165, 1.54) is 0 Å². The van der Waals surface area contributed by atoms with E-state index in [9.17, 15) is 10.2 Å². The molecule has 0 amide bonds. The zero-order valence-electron chi connectivity index (χ0n) is 9.58. The van der Waals surface area contributed by atoms with Crippen LogP contribution in [-0.2, 0) is 0 Å². The van der Waals surface area contributed by atoms with Gasteiger partial charge >= 0.3 is 0 Å². The Hall–Kier alpha value is -0.120. The van der Waals surface area contributed by atoms with Crippen molar-refractivity contribution >= 4 is 0 Å². The number of rotatable bonds is 5. The van der Waals surface area contributed by atoms with Crippen LogP contribution in [0.25, 0.3) is 0 Å². The second-order valence-electron chi connectivity index (χ2n) is 4.97. The molecule has 1 aliphatic heterocycles. The van der Waals surface area contributed by atoms with Crippen molar-refractivity contribution in [3.63, 3.8) is 0 Å². The fourth-order valence-corrected chi connectivity index (χ4v) is 2.11. The van der Waals surface area contributed by atoms with Crippen molar-refractivity contribution < 1.29 is 10.2 Å². The lowest BCUT2D eigenvalue weighted by molar-refractivity contribution is -0.126. The van der Waals surface area contributed by atoms with Gasteiger partial charge in [0.05, 0.1) is 11.2 Å². The Morgan fingerprint density at radius 1 is 1.36 bits per heavy atom. The maximum absolute atomic E-state index is 9.93. The van der Waals surface area contributed by atoms with Crippen LogP contribution in [0.1, 0.15) is 40.0 Å². The zero-order valence-corrected chi connectivity index (χ0v) is 9.58. The van der Waals surface area contributed by atoms with Gasteiger partial charge in [0.1, 0.15) is 0 Å². The first kappa shape index (κ1) is 12.0. The van der Waals surface area contributed by atoms with Crippen LogP contribution in [0.3, 0.4) is 0 Å². The highest BCUT2D eigenvalue weighted by Crippen LogP contribution is 2.27. The first-order valence-corrected chi connectivity index (χ1v) is 5.58. The molecule has 1 unspecified atom stereocenters. The van der Waals surface area contributed by atoms with Gasteiger partial charge in [-0.25, -0.2) is 0 Å². The summed E-state index contributed by atoms with van der Waals surface area (Å²) in [5, 5.41) is 19.8. The summed E-state index contributed by atoms with van der Waals surface area (Å²) in [6.45, 7) is 8.04. The molecule has 84 valence electrons. The summed E-state index contributed by atoms with van der Waals surface area (Å²) >= 11 is 0. The van der Waals surface area contributed by atoms with E-state index in [4.69, 9.17) is 0 Å². The van der Waals surface area contributed by atoms with Crippen LogP contribution in [0.2, 0.25) is 0 Å². The van der Waals surface area contributed by atoms with Crippen molar-refractivity contribution in [2.45, 2.75) is 51.2 Å². The lowest BCUT2D eigenvalue weighted by atomic mass is 9.87. The number of likely N-dealkylation sites (tertiary alicyclic amines) is 1.